The van der Waals surface area contributed by atoms with Crippen molar-refractivity contribution in [3.63, 3.8) is 0 Å². The molecule has 0 aromatic rings. The van der Waals surface area contributed by atoms with E-state index in [0.29, 0.717) is 0 Å². The van der Waals surface area contributed by atoms with Gasteiger partial charge in [-0.05, 0) is 23.2 Å². The van der Waals surface area contributed by atoms with Crippen LogP contribution in [-0.4, -0.2) is 42.1 Å². The van der Waals surface area contributed by atoms with E-state index in [1.807, 2.05) is 0 Å². The summed E-state index contributed by atoms with van der Waals surface area (Å²) in [4.78, 5) is 0. The van der Waals surface area contributed by atoms with Crippen molar-refractivity contribution in [3.05, 3.63) is 0 Å². The first-order chi connectivity index (χ1) is 8.91. The van der Waals surface area contributed by atoms with Gasteiger partial charge in [0.15, 0.2) is 0 Å². The van der Waals surface area contributed by atoms with Crippen LogP contribution in [0.15, 0.2) is 0 Å². The summed E-state index contributed by atoms with van der Waals surface area (Å²) in [5, 5.41) is 0. The molecule has 0 amide bonds. The van der Waals surface area contributed by atoms with Crippen LogP contribution in [0.4, 0.5) is 43.9 Å². The van der Waals surface area contributed by atoms with Gasteiger partial charge in [0, 0.05) is 0 Å². The number of alkyl halides is 12. The second-order valence-corrected chi connectivity index (χ2v) is 4.63. The summed E-state index contributed by atoms with van der Waals surface area (Å²) in [5.74, 6) is -10.9. The number of ether oxygens (including phenoxy) is 2. The van der Waals surface area contributed by atoms with Gasteiger partial charge >= 0.3 is 28.9 Å². The first kappa shape index (κ1) is 20.8. The van der Waals surface area contributed by atoms with E-state index in [0.717, 1.165) is 0 Å². The lowest BCUT2D eigenvalue weighted by Crippen LogP contribution is -2.45. The topological polar surface area (TPSA) is 18.5 Å². The quantitative estimate of drug-likeness (QED) is 0.383. The molecule has 2 nitrogen and oxygen atoms in total. The third-order valence-corrected chi connectivity index (χ3v) is 2.11. The van der Waals surface area contributed by atoms with Crippen molar-refractivity contribution in [1.29, 1.82) is 0 Å². The Kier molecular flexibility index (Phi) is 6.07. The zero-order valence-electron chi connectivity index (χ0n) is 9.27. The van der Waals surface area contributed by atoms with E-state index in [1.54, 1.807) is 0 Å². The summed E-state index contributed by atoms with van der Waals surface area (Å²) >= 11 is 9.54. The molecule has 0 saturated heterocycles. The van der Waals surface area contributed by atoms with Gasteiger partial charge < -0.3 is 9.47 Å². The molecule has 0 radical (unpaired) electrons. The van der Waals surface area contributed by atoms with Gasteiger partial charge in [-0.15, -0.1) is 0 Å². The third-order valence-electron chi connectivity index (χ3n) is 1.67. The van der Waals surface area contributed by atoms with Crippen LogP contribution in [0.5, 0.6) is 0 Å². The molecule has 0 unspecified atom stereocenters. The maximum atomic E-state index is 12.4. The van der Waals surface area contributed by atoms with Gasteiger partial charge in [0.1, 0.15) is 13.2 Å². The maximum Gasteiger partial charge on any atom is 0.455 e. The number of halogens is 12. The number of hydrogen-bond acceptors (Lipinski definition) is 2. The summed E-state index contributed by atoms with van der Waals surface area (Å²) in [6.07, 6.45) is -12.2. The molecule has 0 aromatic heterocycles. The second kappa shape index (κ2) is 6.13. The molecule has 0 atom stereocenters. The molecule has 14 heteroatoms. The smallest absolute Gasteiger partial charge is 0.318 e. The molecular weight excluding hydrogens is 377 g/mol. The highest BCUT2D eigenvalue weighted by Gasteiger charge is 2.60. The second-order valence-electron chi connectivity index (χ2n) is 3.45. The average molecular weight is 381 g/mol. The predicted molar refractivity (Wildman–Crippen MR) is 48.3 cm³/mol. The van der Waals surface area contributed by atoms with Crippen LogP contribution >= 0.6 is 23.2 Å². The zero-order valence-corrected chi connectivity index (χ0v) is 10.8. The van der Waals surface area contributed by atoms with Crippen LogP contribution in [0, 0.1) is 0 Å². The SMILES string of the molecule is FC(F)(F)C(F)(F)COC(Cl)(Cl)OCC(F)(F)C(F)(F)F. The van der Waals surface area contributed by atoms with Crippen molar-refractivity contribution in [1.82, 2.24) is 0 Å². The molecule has 0 spiro atoms. The molecule has 0 aliphatic rings. The molecule has 0 aliphatic heterocycles. The molecule has 128 valence electrons. The van der Waals surface area contributed by atoms with Gasteiger partial charge in [-0.3, -0.25) is 0 Å². The molecule has 0 N–H and O–H groups in total. The Morgan fingerprint density at radius 1 is 0.571 bits per heavy atom. The molecule has 0 heterocycles. The van der Waals surface area contributed by atoms with Crippen LogP contribution in [0.25, 0.3) is 0 Å². The van der Waals surface area contributed by atoms with Gasteiger partial charge in [0.2, 0.25) is 0 Å². The Morgan fingerprint density at radius 2 is 0.810 bits per heavy atom. The summed E-state index contributed by atoms with van der Waals surface area (Å²) in [6, 6.07) is 0. The summed E-state index contributed by atoms with van der Waals surface area (Å²) in [7, 11) is 0. The Hall–Kier alpha value is -0.200. The van der Waals surface area contributed by atoms with Crippen LogP contribution in [-0.2, 0) is 9.47 Å². The van der Waals surface area contributed by atoms with Gasteiger partial charge in [0.05, 0.1) is 0 Å². The van der Waals surface area contributed by atoms with Crippen LogP contribution in [0.1, 0.15) is 0 Å². The van der Waals surface area contributed by atoms with Crippen LogP contribution in [0.2, 0.25) is 0 Å². The highest BCUT2D eigenvalue weighted by molar-refractivity contribution is 6.46. The molecule has 0 saturated carbocycles. The minimum absolute atomic E-state index is 2.55. The Balaban J connectivity index is 4.60. The first-order valence-corrected chi connectivity index (χ1v) is 5.22. The molecular formula is C7H4Cl2F10O2. The number of rotatable bonds is 6. The maximum absolute atomic E-state index is 12.4. The minimum atomic E-state index is -6.08. The van der Waals surface area contributed by atoms with Crippen molar-refractivity contribution in [3.8, 4) is 0 Å². The molecule has 0 aliphatic carbocycles. The van der Waals surface area contributed by atoms with E-state index in [1.165, 1.54) is 0 Å². The van der Waals surface area contributed by atoms with Gasteiger partial charge in [0.25, 0.3) is 0 Å². The number of hydrogen-bond donors (Lipinski definition) is 0. The molecule has 0 fully saturated rings. The van der Waals surface area contributed by atoms with E-state index < -0.39 is 42.1 Å². The fourth-order valence-corrected chi connectivity index (χ4v) is 0.773. The lowest BCUT2D eigenvalue weighted by atomic mass is 10.3. The van der Waals surface area contributed by atoms with E-state index >= 15 is 0 Å². The van der Waals surface area contributed by atoms with Crippen LogP contribution in [0.3, 0.4) is 0 Å². The van der Waals surface area contributed by atoms with Gasteiger partial charge in [-0.2, -0.15) is 43.9 Å². The van der Waals surface area contributed by atoms with E-state index in [-0.39, 0.29) is 0 Å². The lowest BCUT2D eigenvalue weighted by Gasteiger charge is -2.27. The minimum Gasteiger partial charge on any atom is -0.318 e. The molecule has 0 aromatic carbocycles. The zero-order chi connectivity index (χ0) is 17.3. The van der Waals surface area contributed by atoms with Crippen molar-refractivity contribution < 1.29 is 53.4 Å². The summed E-state index contributed by atoms with van der Waals surface area (Å²) in [6.45, 7) is -5.11. The van der Waals surface area contributed by atoms with Gasteiger partial charge in [-0.1, -0.05) is 0 Å². The fraction of sp³-hybridized carbons (Fsp3) is 1.00. The Morgan fingerprint density at radius 3 is 1.00 bits per heavy atom. The standard InChI is InChI=1S/C7H4Cl2F10O2/c8-7(9,20-1-3(10,11)5(14,15)16)21-2-4(12,13)6(17,18)19/h1-2H2. The summed E-state index contributed by atoms with van der Waals surface area (Å²) < 4.78 is 123. The molecule has 21 heavy (non-hydrogen) atoms. The van der Waals surface area contributed by atoms with Crippen molar-refractivity contribution in [2.75, 3.05) is 13.2 Å². The largest absolute Gasteiger partial charge is 0.455 e. The third kappa shape index (κ3) is 6.20. The van der Waals surface area contributed by atoms with E-state index in [2.05, 4.69) is 9.47 Å². The fourth-order valence-electron chi connectivity index (χ4n) is 0.555. The predicted octanol–water partition coefficient (Wildman–Crippen LogP) is 4.50. The van der Waals surface area contributed by atoms with Crippen molar-refractivity contribution in [2.45, 2.75) is 28.9 Å². The van der Waals surface area contributed by atoms with Crippen molar-refractivity contribution in [2.24, 2.45) is 0 Å². The van der Waals surface area contributed by atoms with Crippen LogP contribution < -0.4 is 0 Å². The normalized spacial score (nSPS) is 15.4. The Bertz CT molecular complexity index is 318. The van der Waals surface area contributed by atoms with Gasteiger partial charge in [-0.25, -0.2) is 0 Å². The van der Waals surface area contributed by atoms with E-state index in [4.69, 9.17) is 23.2 Å². The monoisotopic (exact) mass is 380 g/mol. The molecule has 0 bridgehead atoms. The summed E-state index contributed by atoms with van der Waals surface area (Å²) in [5.41, 5.74) is 0. The van der Waals surface area contributed by atoms with Crippen molar-refractivity contribution >= 4 is 23.2 Å². The Labute approximate surface area is 119 Å². The van der Waals surface area contributed by atoms with E-state index in [9.17, 15) is 43.9 Å². The average Bonchev–Trinajstić information content (AvgIpc) is 2.21. The lowest BCUT2D eigenvalue weighted by molar-refractivity contribution is -0.324. The first-order valence-electron chi connectivity index (χ1n) is 4.46. The highest BCUT2D eigenvalue weighted by atomic mass is 35.5. The highest BCUT2D eigenvalue weighted by Crippen LogP contribution is 2.40. The molecule has 0 rings (SSSR count).